The Morgan fingerprint density at radius 2 is 1.59 bits per heavy atom. The number of nitrogens with zero attached hydrogens (tertiary/aromatic N) is 1. The van der Waals surface area contributed by atoms with Crippen molar-refractivity contribution < 1.29 is 28.5 Å². The third kappa shape index (κ3) is 3.44. The van der Waals surface area contributed by atoms with Gasteiger partial charge in [0.2, 0.25) is 0 Å². The quantitative estimate of drug-likeness (QED) is 0.539. The van der Waals surface area contributed by atoms with E-state index in [-0.39, 0.29) is 24.0 Å². The van der Waals surface area contributed by atoms with Crippen LogP contribution in [0.25, 0.3) is 0 Å². The summed E-state index contributed by atoms with van der Waals surface area (Å²) in [6.07, 6.45) is 2.69. The first kappa shape index (κ1) is 15.0. The number of rotatable bonds is 2. The summed E-state index contributed by atoms with van der Waals surface area (Å²) in [5.74, 6) is 0.797. The largest absolute Gasteiger partial charge is 1.00 e. The number of benzene rings is 1. The number of hydrogen-bond donors (Lipinski definition) is 0. The predicted molar refractivity (Wildman–Crippen MR) is 69.5 cm³/mol. The van der Waals surface area contributed by atoms with E-state index in [0.29, 0.717) is 0 Å². The van der Waals surface area contributed by atoms with Crippen molar-refractivity contribution in [1.29, 1.82) is 0 Å². The lowest BCUT2D eigenvalue weighted by molar-refractivity contribution is -0.934. The van der Waals surface area contributed by atoms with Crippen LogP contribution in [0.4, 0.5) is 0 Å². The maximum atomic E-state index is 2.41. The summed E-state index contributed by atoms with van der Waals surface area (Å²) in [6, 6.07) is 11.8. The molecule has 0 unspecified atom stereocenters. The predicted octanol–water partition coefficient (Wildman–Crippen LogP) is 0.423. The molecule has 1 aromatic carbocycles. The standard InChI is InChI=1S/C15H24N.HI/c1-13(2)16(3)11-9-15(10-12-16)14-7-5-4-6-8-14;/h4-8,13,15H,9-12H2,1-3H3;1H/q+1;/p-1. The monoisotopic (exact) mass is 345 g/mol. The molecule has 0 N–H and O–H groups in total. The zero-order valence-electron chi connectivity index (χ0n) is 11.2. The summed E-state index contributed by atoms with van der Waals surface area (Å²) in [4.78, 5) is 0. The minimum absolute atomic E-state index is 0. The molecular weight excluding hydrogens is 321 g/mol. The number of hydrogen-bond acceptors (Lipinski definition) is 0. The first-order valence-corrected chi connectivity index (χ1v) is 6.51. The van der Waals surface area contributed by atoms with Crippen LogP contribution in [-0.4, -0.2) is 30.7 Å². The van der Waals surface area contributed by atoms with Gasteiger partial charge in [0.15, 0.2) is 0 Å². The van der Waals surface area contributed by atoms with Gasteiger partial charge in [-0.2, -0.15) is 0 Å². The van der Waals surface area contributed by atoms with Crippen LogP contribution in [0.5, 0.6) is 0 Å². The number of halogens is 1. The second kappa shape index (κ2) is 6.19. The van der Waals surface area contributed by atoms with Crippen LogP contribution in [0, 0.1) is 0 Å². The van der Waals surface area contributed by atoms with Crippen molar-refractivity contribution in [2.24, 2.45) is 0 Å². The van der Waals surface area contributed by atoms with Crippen LogP contribution in [-0.2, 0) is 0 Å². The average Bonchev–Trinajstić information content (AvgIpc) is 2.31. The lowest BCUT2D eigenvalue weighted by Gasteiger charge is -2.44. The summed E-state index contributed by atoms with van der Waals surface area (Å²) >= 11 is 0. The van der Waals surface area contributed by atoms with Gasteiger partial charge in [0, 0.05) is 12.8 Å². The highest BCUT2D eigenvalue weighted by atomic mass is 127. The molecule has 17 heavy (non-hydrogen) atoms. The van der Waals surface area contributed by atoms with Gasteiger partial charge in [0.05, 0.1) is 26.2 Å². The van der Waals surface area contributed by atoms with E-state index in [2.05, 4.69) is 51.2 Å². The van der Waals surface area contributed by atoms with Crippen molar-refractivity contribution in [1.82, 2.24) is 0 Å². The lowest BCUT2D eigenvalue weighted by atomic mass is 9.88. The van der Waals surface area contributed by atoms with Gasteiger partial charge in [-0.15, -0.1) is 0 Å². The zero-order valence-corrected chi connectivity index (χ0v) is 13.4. The van der Waals surface area contributed by atoms with Crippen LogP contribution in [0.3, 0.4) is 0 Å². The molecule has 1 fully saturated rings. The summed E-state index contributed by atoms with van der Waals surface area (Å²) in [5.41, 5.74) is 1.54. The molecule has 1 aliphatic heterocycles. The molecule has 1 aromatic rings. The number of likely N-dealkylation sites (tertiary alicyclic amines) is 1. The highest BCUT2D eigenvalue weighted by Crippen LogP contribution is 2.31. The second-order valence-corrected chi connectivity index (χ2v) is 5.71. The molecule has 96 valence electrons. The van der Waals surface area contributed by atoms with Gasteiger partial charge >= 0.3 is 0 Å². The van der Waals surface area contributed by atoms with E-state index in [0.717, 1.165) is 12.0 Å². The summed E-state index contributed by atoms with van der Waals surface area (Å²) < 4.78 is 1.25. The molecule has 2 rings (SSSR count). The molecule has 0 radical (unpaired) electrons. The van der Waals surface area contributed by atoms with Crippen molar-refractivity contribution >= 4 is 0 Å². The molecule has 1 heterocycles. The number of piperidine rings is 1. The molecule has 0 spiro atoms. The Kier molecular flexibility index (Phi) is 5.45. The van der Waals surface area contributed by atoms with Crippen LogP contribution < -0.4 is 24.0 Å². The second-order valence-electron chi connectivity index (χ2n) is 5.71. The third-order valence-electron chi connectivity index (χ3n) is 4.49. The van der Waals surface area contributed by atoms with Crippen LogP contribution in [0.15, 0.2) is 30.3 Å². The molecule has 0 bridgehead atoms. The Hall–Kier alpha value is -0.0900. The third-order valence-corrected chi connectivity index (χ3v) is 4.49. The minimum Gasteiger partial charge on any atom is -1.00 e. The molecule has 0 saturated carbocycles. The van der Waals surface area contributed by atoms with Gasteiger partial charge in [-0.1, -0.05) is 30.3 Å². The molecule has 1 saturated heterocycles. The van der Waals surface area contributed by atoms with E-state index in [1.54, 1.807) is 0 Å². The Bertz CT molecular complexity index is 326. The van der Waals surface area contributed by atoms with Gasteiger partial charge in [-0.25, -0.2) is 0 Å². The van der Waals surface area contributed by atoms with Crippen molar-refractivity contribution in [3.63, 3.8) is 0 Å². The van der Waals surface area contributed by atoms with E-state index in [9.17, 15) is 0 Å². The average molecular weight is 345 g/mol. The van der Waals surface area contributed by atoms with Crippen LogP contribution in [0.2, 0.25) is 0 Å². The Labute approximate surface area is 123 Å². The molecule has 0 atom stereocenters. The highest BCUT2D eigenvalue weighted by Gasteiger charge is 2.32. The summed E-state index contributed by atoms with van der Waals surface area (Å²) in [6.45, 7) is 7.36. The lowest BCUT2D eigenvalue weighted by Crippen LogP contribution is -3.00. The molecule has 0 aromatic heterocycles. The highest BCUT2D eigenvalue weighted by molar-refractivity contribution is 5.19. The van der Waals surface area contributed by atoms with Crippen molar-refractivity contribution in [3.8, 4) is 0 Å². The Balaban J connectivity index is 0.00000144. The van der Waals surface area contributed by atoms with Gasteiger partial charge in [0.1, 0.15) is 0 Å². The van der Waals surface area contributed by atoms with Gasteiger partial charge in [-0.05, 0) is 25.3 Å². The minimum atomic E-state index is 0. The van der Waals surface area contributed by atoms with Crippen LogP contribution >= 0.6 is 0 Å². The fourth-order valence-electron chi connectivity index (χ4n) is 2.73. The van der Waals surface area contributed by atoms with E-state index < -0.39 is 0 Å². The van der Waals surface area contributed by atoms with Gasteiger partial charge in [0.25, 0.3) is 0 Å². The molecule has 0 aliphatic carbocycles. The van der Waals surface area contributed by atoms with Crippen molar-refractivity contribution in [3.05, 3.63) is 35.9 Å². The first-order chi connectivity index (χ1) is 7.62. The maximum absolute atomic E-state index is 2.41. The van der Waals surface area contributed by atoms with Crippen molar-refractivity contribution in [2.75, 3.05) is 20.1 Å². The SMILES string of the molecule is CC(C)[N+]1(C)CCC(c2ccccc2)CC1.[I-]. The van der Waals surface area contributed by atoms with E-state index >= 15 is 0 Å². The molecule has 2 heteroatoms. The molecule has 1 aliphatic rings. The van der Waals surface area contributed by atoms with E-state index in [4.69, 9.17) is 0 Å². The fraction of sp³-hybridized carbons (Fsp3) is 0.600. The molecule has 0 amide bonds. The number of quaternary nitrogens is 1. The van der Waals surface area contributed by atoms with Gasteiger partial charge in [-0.3, -0.25) is 0 Å². The van der Waals surface area contributed by atoms with Crippen LogP contribution in [0.1, 0.15) is 38.2 Å². The van der Waals surface area contributed by atoms with E-state index in [1.165, 1.54) is 36.0 Å². The zero-order chi connectivity index (χ0) is 11.6. The maximum Gasteiger partial charge on any atom is 0.0831 e. The molecule has 1 nitrogen and oxygen atoms in total. The molecular formula is C15H24IN. The fourth-order valence-corrected chi connectivity index (χ4v) is 2.73. The van der Waals surface area contributed by atoms with Gasteiger partial charge < -0.3 is 28.5 Å². The first-order valence-electron chi connectivity index (χ1n) is 6.51. The van der Waals surface area contributed by atoms with Crippen molar-refractivity contribution in [2.45, 2.75) is 38.6 Å². The smallest absolute Gasteiger partial charge is 0.0831 e. The Morgan fingerprint density at radius 3 is 2.06 bits per heavy atom. The Morgan fingerprint density at radius 1 is 1.06 bits per heavy atom. The summed E-state index contributed by atoms with van der Waals surface area (Å²) in [5, 5.41) is 0. The normalized spacial score (nSPS) is 28.8. The summed E-state index contributed by atoms with van der Waals surface area (Å²) in [7, 11) is 2.41. The topological polar surface area (TPSA) is 0 Å². The van der Waals surface area contributed by atoms with E-state index in [1.807, 2.05) is 0 Å².